The Kier molecular flexibility index (Phi) is 6.32. The summed E-state index contributed by atoms with van der Waals surface area (Å²) in [7, 11) is -3.39. The van der Waals surface area contributed by atoms with Gasteiger partial charge in [0, 0.05) is 10.5 Å². The molecule has 1 rings (SSSR count). The highest BCUT2D eigenvalue weighted by Crippen LogP contribution is 2.16. The minimum Gasteiger partial charge on any atom is -0.208 e. The molecular weight excluding hydrogens is 314 g/mol. The third-order valence-electron chi connectivity index (χ3n) is 2.72. The molecule has 0 aromatic heterocycles. The first-order valence-electron chi connectivity index (χ1n) is 6.27. The monoisotopic (exact) mass is 333 g/mol. The Balaban J connectivity index is 2.82. The second kappa shape index (κ2) is 7.26. The lowest BCUT2D eigenvalue weighted by Gasteiger charge is -2.17. The molecule has 102 valence electrons. The Morgan fingerprint density at radius 2 is 1.61 bits per heavy atom. The fraction of sp³-hybridized carbons (Fsp3) is 0.538. The van der Waals surface area contributed by atoms with Crippen LogP contribution in [-0.4, -0.2) is 14.5 Å². The summed E-state index contributed by atoms with van der Waals surface area (Å²) in [6, 6.07) is 6.74. The number of benzene rings is 1. The highest BCUT2D eigenvalue weighted by molar-refractivity contribution is 9.10. The largest absolute Gasteiger partial charge is 0.240 e. The molecule has 0 aliphatic carbocycles. The molecule has 0 atom stereocenters. The summed E-state index contributed by atoms with van der Waals surface area (Å²) in [4.78, 5) is 0.322. The van der Waals surface area contributed by atoms with Gasteiger partial charge in [-0.1, -0.05) is 42.6 Å². The normalized spacial score (nSPS) is 12.0. The molecule has 0 fully saturated rings. The summed E-state index contributed by atoms with van der Waals surface area (Å²) in [6.45, 7) is 4.13. The van der Waals surface area contributed by atoms with Crippen molar-refractivity contribution >= 4 is 26.0 Å². The quantitative estimate of drug-likeness (QED) is 0.826. The predicted octanol–water partition coefficient (Wildman–Crippen LogP) is 3.70. The van der Waals surface area contributed by atoms with Crippen molar-refractivity contribution in [3.63, 3.8) is 0 Å². The van der Waals surface area contributed by atoms with Crippen molar-refractivity contribution in [3.8, 4) is 0 Å². The minimum absolute atomic E-state index is 0.0358. The first-order chi connectivity index (χ1) is 8.49. The second-order valence-corrected chi connectivity index (χ2v) is 6.98. The number of hydrogen-bond acceptors (Lipinski definition) is 2. The molecule has 0 aliphatic heterocycles. The topological polar surface area (TPSA) is 46.2 Å². The number of sulfonamides is 1. The average molecular weight is 334 g/mol. The Bertz CT molecular complexity index is 450. The number of hydrogen-bond donors (Lipinski definition) is 1. The van der Waals surface area contributed by atoms with Crippen molar-refractivity contribution in [1.29, 1.82) is 0 Å². The van der Waals surface area contributed by atoms with E-state index in [0.29, 0.717) is 4.90 Å². The Hall–Kier alpha value is -0.390. The highest BCUT2D eigenvalue weighted by atomic mass is 79.9. The molecule has 0 spiro atoms. The summed E-state index contributed by atoms with van der Waals surface area (Å²) in [5, 5.41) is 0. The van der Waals surface area contributed by atoms with E-state index in [9.17, 15) is 8.42 Å². The van der Waals surface area contributed by atoms with Gasteiger partial charge in [-0.05, 0) is 37.1 Å². The lowest BCUT2D eigenvalue weighted by molar-refractivity contribution is 0.494. The van der Waals surface area contributed by atoms with Crippen LogP contribution in [0.25, 0.3) is 0 Å². The van der Waals surface area contributed by atoms with E-state index >= 15 is 0 Å². The van der Waals surface area contributed by atoms with Crippen molar-refractivity contribution in [2.45, 2.75) is 50.5 Å². The van der Waals surface area contributed by atoms with E-state index in [4.69, 9.17) is 0 Å². The first kappa shape index (κ1) is 15.7. The van der Waals surface area contributed by atoms with E-state index in [1.807, 2.05) is 0 Å². The summed E-state index contributed by atoms with van der Waals surface area (Å²) >= 11 is 3.30. The van der Waals surface area contributed by atoms with E-state index in [2.05, 4.69) is 34.5 Å². The first-order valence-corrected chi connectivity index (χ1v) is 8.55. The lowest BCUT2D eigenvalue weighted by atomic mass is 10.1. The zero-order valence-electron chi connectivity index (χ0n) is 10.8. The molecule has 0 saturated carbocycles. The van der Waals surface area contributed by atoms with Crippen LogP contribution in [0, 0.1) is 0 Å². The van der Waals surface area contributed by atoms with Gasteiger partial charge in [0.2, 0.25) is 10.0 Å². The van der Waals surface area contributed by atoms with Gasteiger partial charge in [0.25, 0.3) is 0 Å². The zero-order valence-corrected chi connectivity index (χ0v) is 13.2. The van der Waals surface area contributed by atoms with Crippen LogP contribution in [0.3, 0.4) is 0 Å². The molecule has 0 unspecified atom stereocenters. The van der Waals surface area contributed by atoms with Gasteiger partial charge in [0.15, 0.2) is 0 Å². The van der Waals surface area contributed by atoms with Crippen LogP contribution in [0.15, 0.2) is 33.6 Å². The molecule has 0 amide bonds. The smallest absolute Gasteiger partial charge is 0.208 e. The highest BCUT2D eigenvalue weighted by Gasteiger charge is 2.18. The Morgan fingerprint density at radius 3 is 2.06 bits per heavy atom. The van der Waals surface area contributed by atoms with Gasteiger partial charge in [-0.2, -0.15) is 0 Å². The van der Waals surface area contributed by atoms with Gasteiger partial charge >= 0.3 is 0 Å². The summed E-state index contributed by atoms with van der Waals surface area (Å²) in [6.07, 6.45) is 3.72. The maximum absolute atomic E-state index is 12.2. The van der Waals surface area contributed by atoms with Crippen LogP contribution in [0.4, 0.5) is 0 Å². The molecule has 18 heavy (non-hydrogen) atoms. The van der Waals surface area contributed by atoms with Crippen LogP contribution >= 0.6 is 15.9 Å². The number of halogens is 1. The predicted molar refractivity (Wildman–Crippen MR) is 78.1 cm³/mol. The van der Waals surface area contributed by atoms with Gasteiger partial charge in [-0.3, -0.25) is 0 Å². The van der Waals surface area contributed by atoms with Crippen LogP contribution in [0.2, 0.25) is 0 Å². The lowest BCUT2D eigenvalue weighted by Crippen LogP contribution is -2.34. The third-order valence-corrected chi connectivity index (χ3v) is 4.79. The van der Waals surface area contributed by atoms with Gasteiger partial charge in [-0.25, -0.2) is 13.1 Å². The van der Waals surface area contributed by atoms with Gasteiger partial charge in [-0.15, -0.1) is 0 Å². The Morgan fingerprint density at radius 1 is 1.11 bits per heavy atom. The zero-order chi connectivity index (χ0) is 13.6. The number of nitrogens with one attached hydrogen (secondary N) is 1. The SMILES string of the molecule is CCCC(CCC)NS(=O)(=O)c1ccc(Br)cc1. The molecule has 5 heteroatoms. The fourth-order valence-corrected chi connectivity index (χ4v) is 3.43. The molecule has 1 aromatic carbocycles. The maximum Gasteiger partial charge on any atom is 0.240 e. The van der Waals surface area contributed by atoms with E-state index in [-0.39, 0.29) is 6.04 Å². The van der Waals surface area contributed by atoms with Crippen molar-refractivity contribution in [2.24, 2.45) is 0 Å². The van der Waals surface area contributed by atoms with Crippen molar-refractivity contribution in [1.82, 2.24) is 4.72 Å². The van der Waals surface area contributed by atoms with Crippen molar-refractivity contribution in [2.75, 3.05) is 0 Å². The van der Waals surface area contributed by atoms with E-state index in [0.717, 1.165) is 30.2 Å². The van der Waals surface area contributed by atoms with Gasteiger partial charge in [0.05, 0.1) is 4.90 Å². The minimum atomic E-state index is -3.39. The number of rotatable bonds is 7. The van der Waals surface area contributed by atoms with Crippen LogP contribution < -0.4 is 4.72 Å². The van der Waals surface area contributed by atoms with Crippen molar-refractivity contribution < 1.29 is 8.42 Å². The molecule has 1 aromatic rings. The maximum atomic E-state index is 12.2. The van der Waals surface area contributed by atoms with E-state index in [1.54, 1.807) is 24.3 Å². The van der Waals surface area contributed by atoms with Crippen LogP contribution in [0.5, 0.6) is 0 Å². The second-order valence-electron chi connectivity index (χ2n) is 4.35. The van der Waals surface area contributed by atoms with Crippen molar-refractivity contribution in [3.05, 3.63) is 28.7 Å². The van der Waals surface area contributed by atoms with E-state index < -0.39 is 10.0 Å². The standard InChI is InChI=1S/C13H20BrNO2S/c1-3-5-12(6-4-2)15-18(16,17)13-9-7-11(14)8-10-13/h7-10,12,15H,3-6H2,1-2H3. The molecule has 0 bridgehead atoms. The molecule has 0 aliphatic rings. The summed E-state index contributed by atoms with van der Waals surface area (Å²) in [5.74, 6) is 0. The molecule has 3 nitrogen and oxygen atoms in total. The van der Waals surface area contributed by atoms with Gasteiger partial charge in [0.1, 0.15) is 0 Å². The Labute approximate surface area is 118 Å². The van der Waals surface area contributed by atoms with Crippen LogP contribution in [-0.2, 0) is 10.0 Å². The summed E-state index contributed by atoms with van der Waals surface area (Å²) < 4.78 is 28.0. The molecule has 1 N–H and O–H groups in total. The van der Waals surface area contributed by atoms with Gasteiger partial charge < -0.3 is 0 Å². The summed E-state index contributed by atoms with van der Waals surface area (Å²) in [5.41, 5.74) is 0. The van der Waals surface area contributed by atoms with E-state index in [1.165, 1.54) is 0 Å². The third kappa shape index (κ3) is 4.71. The fourth-order valence-electron chi connectivity index (χ4n) is 1.86. The molecular formula is C13H20BrNO2S. The van der Waals surface area contributed by atoms with Crippen LogP contribution in [0.1, 0.15) is 39.5 Å². The molecule has 0 radical (unpaired) electrons. The average Bonchev–Trinajstić information content (AvgIpc) is 2.29. The molecule has 0 saturated heterocycles. The molecule has 0 heterocycles.